The Hall–Kier alpha value is -0.730. The Morgan fingerprint density at radius 3 is 2.59 bits per heavy atom. The lowest BCUT2D eigenvalue weighted by Crippen LogP contribution is -2.03. The third-order valence-corrected chi connectivity index (χ3v) is 3.16. The smallest absolute Gasteiger partial charge is 0.124 e. The summed E-state index contributed by atoms with van der Waals surface area (Å²) in [7, 11) is 1.63. The summed E-state index contributed by atoms with van der Waals surface area (Å²) in [5.41, 5.74) is 2.08. The summed E-state index contributed by atoms with van der Waals surface area (Å²) in [6.45, 7) is 4.27. The lowest BCUT2D eigenvalue weighted by Gasteiger charge is -2.17. The van der Waals surface area contributed by atoms with Crippen molar-refractivity contribution in [2.45, 2.75) is 38.7 Å². The van der Waals surface area contributed by atoms with Crippen molar-refractivity contribution in [2.75, 3.05) is 13.0 Å². The Bertz CT molecular complexity index is 350. The van der Waals surface area contributed by atoms with Crippen molar-refractivity contribution >= 4 is 11.6 Å². The van der Waals surface area contributed by atoms with E-state index in [1.54, 1.807) is 7.11 Å². The fourth-order valence-corrected chi connectivity index (χ4v) is 1.95. The number of aliphatic hydroxyl groups is 1. The summed E-state index contributed by atoms with van der Waals surface area (Å²) in [5.74, 6) is 1.76. The molecule has 3 heteroatoms. The summed E-state index contributed by atoms with van der Waals surface area (Å²) in [4.78, 5) is 0. The van der Waals surface area contributed by atoms with Gasteiger partial charge in [0.05, 0.1) is 13.2 Å². The fourth-order valence-electron chi connectivity index (χ4n) is 1.80. The summed E-state index contributed by atoms with van der Waals surface area (Å²) < 4.78 is 5.29. The van der Waals surface area contributed by atoms with Gasteiger partial charge in [-0.2, -0.15) is 0 Å². The molecule has 1 atom stereocenters. The maximum atomic E-state index is 10.1. The van der Waals surface area contributed by atoms with E-state index in [1.807, 2.05) is 18.2 Å². The summed E-state index contributed by atoms with van der Waals surface area (Å²) in [6, 6.07) is 6.00. The van der Waals surface area contributed by atoms with Crippen LogP contribution in [0.15, 0.2) is 18.2 Å². The first-order valence-electron chi connectivity index (χ1n) is 6.02. The second-order valence-corrected chi connectivity index (χ2v) is 4.88. The Labute approximate surface area is 109 Å². The van der Waals surface area contributed by atoms with E-state index in [1.165, 1.54) is 5.56 Å². The Balaban J connectivity index is 2.96. The molecule has 0 aliphatic carbocycles. The number of methoxy groups -OCH3 is 1. The third kappa shape index (κ3) is 3.90. The molecule has 1 N–H and O–H groups in total. The highest BCUT2D eigenvalue weighted by atomic mass is 35.5. The molecule has 0 aromatic heterocycles. The molecular formula is C14H21ClO2. The molecule has 0 aliphatic rings. The normalized spacial score (nSPS) is 12.8. The highest BCUT2D eigenvalue weighted by molar-refractivity contribution is 6.17. The van der Waals surface area contributed by atoms with Crippen LogP contribution in [0.4, 0.5) is 0 Å². The first-order valence-corrected chi connectivity index (χ1v) is 6.55. The van der Waals surface area contributed by atoms with E-state index in [-0.39, 0.29) is 0 Å². The summed E-state index contributed by atoms with van der Waals surface area (Å²) >= 11 is 5.65. The van der Waals surface area contributed by atoms with Crippen LogP contribution < -0.4 is 4.74 Å². The molecule has 0 saturated carbocycles. The van der Waals surface area contributed by atoms with Crippen LogP contribution in [-0.2, 0) is 0 Å². The molecule has 0 spiro atoms. The van der Waals surface area contributed by atoms with E-state index < -0.39 is 6.10 Å². The van der Waals surface area contributed by atoms with Gasteiger partial charge in [-0.3, -0.25) is 0 Å². The predicted octanol–water partition coefficient (Wildman–Crippen LogP) is 3.87. The Kier molecular flexibility index (Phi) is 5.79. The number of hydrogen-bond acceptors (Lipinski definition) is 2. The van der Waals surface area contributed by atoms with Crippen LogP contribution in [0.1, 0.15) is 49.8 Å². The number of ether oxygens (including phenoxy) is 1. The molecule has 1 aromatic carbocycles. The molecule has 1 aromatic rings. The minimum Gasteiger partial charge on any atom is -0.496 e. The summed E-state index contributed by atoms with van der Waals surface area (Å²) in [6.07, 6.45) is 0.974. The van der Waals surface area contributed by atoms with E-state index in [4.69, 9.17) is 16.3 Å². The van der Waals surface area contributed by atoms with Crippen molar-refractivity contribution in [2.24, 2.45) is 0 Å². The first kappa shape index (κ1) is 14.3. The van der Waals surface area contributed by atoms with Crippen molar-refractivity contribution < 1.29 is 9.84 Å². The maximum Gasteiger partial charge on any atom is 0.124 e. The van der Waals surface area contributed by atoms with E-state index in [9.17, 15) is 5.11 Å². The molecule has 0 aliphatic heterocycles. The molecule has 17 heavy (non-hydrogen) atoms. The average molecular weight is 257 g/mol. The number of alkyl halides is 1. The van der Waals surface area contributed by atoms with Gasteiger partial charge >= 0.3 is 0 Å². The van der Waals surface area contributed by atoms with Crippen LogP contribution in [0.2, 0.25) is 0 Å². The van der Waals surface area contributed by atoms with Crippen molar-refractivity contribution in [1.82, 2.24) is 0 Å². The minimum absolute atomic E-state index is 0.444. The molecule has 0 amide bonds. The number of hydrogen-bond donors (Lipinski definition) is 1. The minimum atomic E-state index is -0.498. The number of halogens is 1. The van der Waals surface area contributed by atoms with Crippen LogP contribution >= 0.6 is 11.6 Å². The Morgan fingerprint density at radius 2 is 2.06 bits per heavy atom. The molecule has 0 saturated heterocycles. The second-order valence-electron chi connectivity index (χ2n) is 4.50. The lowest BCUT2D eigenvalue weighted by atomic mass is 9.96. The van der Waals surface area contributed by atoms with Gasteiger partial charge in [0.15, 0.2) is 0 Å². The maximum absolute atomic E-state index is 10.1. The van der Waals surface area contributed by atoms with Gasteiger partial charge in [-0.1, -0.05) is 19.9 Å². The van der Waals surface area contributed by atoms with Gasteiger partial charge in [0.2, 0.25) is 0 Å². The van der Waals surface area contributed by atoms with Crippen molar-refractivity contribution in [3.05, 3.63) is 29.3 Å². The molecule has 0 heterocycles. The molecule has 0 radical (unpaired) electrons. The molecular weight excluding hydrogens is 236 g/mol. The van der Waals surface area contributed by atoms with E-state index >= 15 is 0 Å². The molecule has 0 bridgehead atoms. The van der Waals surface area contributed by atoms with Crippen molar-refractivity contribution in [3.8, 4) is 5.75 Å². The van der Waals surface area contributed by atoms with E-state index in [2.05, 4.69) is 13.8 Å². The van der Waals surface area contributed by atoms with Crippen LogP contribution in [0.25, 0.3) is 0 Å². The number of aliphatic hydroxyl groups excluding tert-OH is 1. The van der Waals surface area contributed by atoms with Crippen LogP contribution in [0, 0.1) is 0 Å². The largest absolute Gasteiger partial charge is 0.496 e. The highest BCUT2D eigenvalue weighted by Crippen LogP contribution is 2.31. The molecule has 2 nitrogen and oxygen atoms in total. The zero-order valence-electron chi connectivity index (χ0n) is 10.7. The molecule has 1 rings (SSSR count). The number of rotatable bonds is 6. The van der Waals surface area contributed by atoms with Crippen molar-refractivity contribution in [1.29, 1.82) is 0 Å². The lowest BCUT2D eigenvalue weighted by molar-refractivity contribution is 0.162. The van der Waals surface area contributed by atoms with Crippen molar-refractivity contribution in [3.63, 3.8) is 0 Å². The topological polar surface area (TPSA) is 29.5 Å². The fraction of sp³-hybridized carbons (Fsp3) is 0.571. The van der Waals surface area contributed by atoms with E-state index in [0.29, 0.717) is 18.2 Å². The zero-order valence-corrected chi connectivity index (χ0v) is 11.5. The van der Waals surface area contributed by atoms with Gasteiger partial charge in [-0.15, -0.1) is 11.6 Å². The SMILES string of the molecule is COc1ccc(C(C)C)cc1C(O)CCCCl. The Morgan fingerprint density at radius 1 is 1.35 bits per heavy atom. The highest BCUT2D eigenvalue weighted by Gasteiger charge is 2.14. The van der Waals surface area contributed by atoms with Gasteiger partial charge in [-0.25, -0.2) is 0 Å². The number of benzene rings is 1. The van der Waals surface area contributed by atoms with Gasteiger partial charge in [0.1, 0.15) is 5.75 Å². The average Bonchev–Trinajstić information content (AvgIpc) is 2.34. The quantitative estimate of drug-likeness (QED) is 0.783. The zero-order chi connectivity index (χ0) is 12.8. The molecule has 96 valence electrons. The van der Waals surface area contributed by atoms with Gasteiger partial charge in [0, 0.05) is 11.4 Å². The third-order valence-electron chi connectivity index (χ3n) is 2.89. The van der Waals surface area contributed by atoms with Gasteiger partial charge < -0.3 is 9.84 Å². The van der Waals surface area contributed by atoms with Crippen LogP contribution in [-0.4, -0.2) is 18.1 Å². The van der Waals surface area contributed by atoms with Gasteiger partial charge in [-0.05, 0) is 36.5 Å². The summed E-state index contributed by atoms with van der Waals surface area (Å²) in [5, 5.41) is 10.1. The molecule has 0 fully saturated rings. The van der Waals surface area contributed by atoms with Crippen LogP contribution in [0.5, 0.6) is 5.75 Å². The van der Waals surface area contributed by atoms with Crippen LogP contribution in [0.3, 0.4) is 0 Å². The first-order chi connectivity index (χ1) is 8.10. The monoisotopic (exact) mass is 256 g/mol. The van der Waals surface area contributed by atoms with Gasteiger partial charge in [0.25, 0.3) is 0 Å². The molecule has 1 unspecified atom stereocenters. The second kappa shape index (κ2) is 6.87. The predicted molar refractivity (Wildman–Crippen MR) is 72.0 cm³/mol. The standard InChI is InChI=1S/C14H21ClO2/c1-10(2)11-6-7-14(17-3)12(9-11)13(16)5-4-8-15/h6-7,9-10,13,16H,4-5,8H2,1-3H3. The van der Waals surface area contributed by atoms with E-state index in [0.717, 1.165) is 17.7 Å².